The normalized spacial score (nSPS) is 11.4. The van der Waals surface area contributed by atoms with Gasteiger partial charge in [0.1, 0.15) is 16.4 Å². The number of para-hydroxylation sites is 1. The molecule has 0 unspecified atom stereocenters. The van der Waals surface area contributed by atoms with Gasteiger partial charge < -0.3 is 9.47 Å². The van der Waals surface area contributed by atoms with Crippen molar-refractivity contribution in [2.45, 2.75) is 4.90 Å². The summed E-state index contributed by atoms with van der Waals surface area (Å²) < 4.78 is 39.5. The topological polar surface area (TPSA) is 82.5 Å². The Hall–Kier alpha value is -2.55. The number of benzene rings is 2. The van der Waals surface area contributed by atoms with Crippen molar-refractivity contribution in [1.29, 1.82) is 0 Å². The van der Waals surface area contributed by atoms with Gasteiger partial charge in [0.2, 0.25) is 10.0 Å². The molecule has 27 heavy (non-hydrogen) atoms. The van der Waals surface area contributed by atoms with Gasteiger partial charge in [-0.05, 0) is 31.3 Å². The maximum absolute atomic E-state index is 12.4. The van der Waals surface area contributed by atoms with E-state index in [1.54, 1.807) is 23.0 Å². The molecule has 1 heterocycles. The number of hydrogen-bond donors (Lipinski definition) is 1. The highest BCUT2D eigenvalue weighted by molar-refractivity contribution is 7.89. The zero-order chi connectivity index (χ0) is 19.6. The summed E-state index contributed by atoms with van der Waals surface area (Å²) in [7, 11) is 0.489. The van der Waals surface area contributed by atoms with Gasteiger partial charge in [0, 0.05) is 11.6 Å². The second-order valence-corrected chi connectivity index (χ2v) is 7.75. The minimum Gasteiger partial charge on any atom is -0.496 e. The van der Waals surface area contributed by atoms with Crippen molar-refractivity contribution in [1.82, 2.24) is 14.5 Å². The van der Waals surface area contributed by atoms with Crippen molar-refractivity contribution >= 4 is 21.6 Å². The van der Waals surface area contributed by atoms with E-state index in [2.05, 4.69) is 9.82 Å². The minimum atomic E-state index is -3.75. The number of aromatic nitrogens is 2. The third kappa shape index (κ3) is 3.51. The third-order valence-electron chi connectivity index (χ3n) is 4.04. The molecule has 9 heteroatoms. The van der Waals surface area contributed by atoms with Crippen LogP contribution in [0.25, 0.3) is 16.9 Å². The van der Waals surface area contributed by atoms with Gasteiger partial charge in [0.05, 0.1) is 36.8 Å². The van der Waals surface area contributed by atoms with Crippen LogP contribution in [0.2, 0.25) is 5.02 Å². The Morgan fingerprint density at radius 3 is 2.41 bits per heavy atom. The molecular formula is C18H18ClN3O4S. The predicted molar refractivity (Wildman–Crippen MR) is 103 cm³/mol. The van der Waals surface area contributed by atoms with Crippen LogP contribution in [0, 0.1) is 0 Å². The SMILES string of the molecule is CNS(=O)(=O)c1cc(-c2ccnn2-c2ccccc2Cl)c(OC)cc1OC. The van der Waals surface area contributed by atoms with Crippen molar-refractivity contribution in [3.63, 3.8) is 0 Å². The molecule has 3 rings (SSSR count). The molecule has 0 aliphatic heterocycles. The van der Waals surface area contributed by atoms with E-state index in [0.717, 1.165) is 0 Å². The standard InChI is InChI=1S/C18H18ClN3O4S/c1-20-27(23,24)18-10-12(16(25-2)11-17(18)26-3)14-8-9-21-22(14)15-7-5-4-6-13(15)19/h4-11,20H,1-3H3. The number of rotatable bonds is 6. The molecule has 7 nitrogen and oxygen atoms in total. The van der Waals surface area contributed by atoms with Gasteiger partial charge >= 0.3 is 0 Å². The summed E-state index contributed by atoms with van der Waals surface area (Å²) in [6.45, 7) is 0. The predicted octanol–water partition coefficient (Wildman–Crippen LogP) is 3.12. The average Bonchev–Trinajstić information content (AvgIpc) is 3.16. The van der Waals surface area contributed by atoms with Crippen LogP contribution >= 0.6 is 11.6 Å². The van der Waals surface area contributed by atoms with Crippen LogP contribution in [0.15, 0.2) is 53.6 Å². The highest BCUT2D eigenvalue weighted by atomic mass is 35.5. The first-order valence-corrected chi connectivity index (χ1v) is 9.78. The summed E-state index contributed by atoms with van der Waals surface area (Å²) in [5.74, 6) is 0.615. The van der Waals surface area contributed by atoms with E-state index in [4.69, 9.17) is 21.1 Å². The lowest BCUT2D eigenvalue weighted by molar-refractivity contribution is 0.387. The molecule has 0 radical (unpaired) electrons. The molecule has 0 atom stereocenters. The quantitative estimate of drug-likeness (QED) is 0.678. The fourth-order valence-corrected chi connectivity index (χ4v) is 3.83. The Balaban J connectivity index is 2.29. The Morgan fingerprint density at radius 2 is 1.78 bits per heavy atom. The van der Waals surface area contributed by atoms with E-state index in [0.29, 0.717) is 27.7 Å². The first-order valence-electron chi connectivity index (χ1n) is 7.91. The number of ether oxygens (including phenoxy) is 2. The maximum atomic E-state index is 12.4. The van der Waals surface area contributed by atoms with Gasteiger partial charge in [0.15, 0.2) is 0 Å². The Kier molecular flexibility index (Phi) is 5.41. The van der Waals surface area contributed by atoms with E-state index in [9.17, 15) is 8.42 Å². The van der Waals surface area contributed by atoms with Crippen molar-refractivity contribution in [3.8, 4) is 28.4 Å². The van der Waals surface area contributed by atoms with Gasteiger partial charge in [-0.25, -0.2) is 17.8 Å². The Morgan fingerprint density at radius 1 is 1.07 bits per heavy atom. The summed E-state index contributed by atoms with van der Waals surface area (Å²) >= 11 is 6.30. The first kappa shape index (κ1) is 19.2. The second kappa shape index (κ2) is 7.59. The molecule has 0 amide bonds. The Labute approximate surface area is 162 Å². The second-order valence-electron chi connectivity index (χ2n) is 5.49. The molecule has 0 bridgehead atoms. The molecule has 1 N–H and O–H groups in total. The van der Waals surface area contributed by atoms with Crippen molar-refractivity contribution in [3.05, 3.63) is 53.7 Å². The number of hydrogen-bond acceptors (Lipinski definition) is 5. The highest BCUT2D eigenvalue weighted by Crippen LogP contribution is 2.39. The van der Waals surface area contributed by atoms with Crippen LogP contribution in [0.1, 0.15) is 0 Å². The molecule has 0 fully saturated rings. The number of nitrogens with zero attached hydrogens (tertiary/aromatic N) is 2. The van der Waals surface area contributed by atoms with Crippen LogP contribution in [-0.4, -0.2) is 39.5 Å². The van der Waals surface area contributed by atoms with Crippen molar-refractivity contribution in [2.75, 3.05) is 21.3 Å². The van der Waals surface area contributed by atoms with Gasteiger partial charge in [-0.1, -0.05) is 23.7 Å². The number of sulfonamides is 1. The highest BCUT2D eigenvalue weighted by Gasteiger charge is 2.23. The lowest BCUT2D eigenvalue weighted by atomic mass is 10.1. The van der Waals surface area contributed by atoms with Gasteiger partial charge in [-0.2, -0.15) is 5.10 Å². The molecule has 0 saturated heterocycles. The van der Waals surface area contributed by atoms with E-state index in [1.165, 1.54) is 33.4 Å². The van der Waals surface area contributed by atoms with Gasteiger partial charge in [0.25, 0.3) is 0 Å². The fourth-order valence-electron chi connectivity index (χ4n) is 2.71. The van der Waals surface area contributed by atoms with E-state index in [1.807, 2.05) is 18.2 Å². The van der Waals surface area contributed by atoms with Gasteiger partial charge in [-0.3, -0.25) is 0 Å². The number of methoxy groups -OCH3 is 2. The molecule has 0 saturated carbocycles. The van der Waals surface area contributed by atoms with E-state index < -0.39 is 10.0 Å². The van der Waals surface area contributed by atoms with Gasteiger partial charge in [-0.15, -0.1) is 0 Å². The zero-order valence-corrected chi connectivity index (χ0v) is 16.5. The minimum absolute atomic E-state index is 0.00444. The fraction of sp³-hybridized carbons (Fsp3) is 0.167. The smallest absolute Gasteiger partial charge is 0.244 e. The average molecular weight is 408 g/mol. The van der Waals surface area contributed by atoms with Crippen LogP contribution < -0.4 is 14.2 Å². The van der Waals surface area contributed by atoms with Crippen LogP contribution in [0.4, 0.5) is 0 Å². The maximum Gasteiger partial charge on any atom is 0.244 e. The molecule has 2 aromatic carbocycles. The molecule has 0 aliphatic carbocycles. The third-order valence-corrected chi connectivity index (χ3v) is 5.80. The first-order chi connectivity index (χ1) is 12.9. The van der Waals surface area contributed by atoms with Crippen molar-refractivity contribution in [2.24, 2.45) is 0 Å². The summed E-state index contributed by atoms with van der Waals surface area (Å²) in [4.78, 5) is -0.00444. The summed E-state index contributed by atoms with van der Waals surface area (Å²) in [5, 5.41) is 4.85. The van der Waals surface area contributed by atoms with E-state index >= 15 is 0 Å². The lowest BCUT2D eigenvalue weighted by Crippen LogP contribution is -2.19. The largest absolute Gasteiger partial charge is 0.496 e. The molecule has 3 aromatic rings. The summed E-state index contributed by atoms with van der Waals surface area (Å²) in [6.07, 6.45) is 1.61. The van der Waals surface area contributed by atoms with Crippen LogP contribution in [0.5, 0.6) is 11.5 Å². The summed E-state index contributed by atoms with van der Waals surface area (Å²) in [6, 6.07) is 12.0. The van der Waals surface area contributed by atoms with E-state index in [-0.39, 0.29) is 10.6 Å². The number of nitrogens with one attached hydrogen (secondary N) is 1. The number of halogens is 1. The van der Waals surface area contributed by atoms with Crippen molar-refractivity contribution < 1.29 is 17.9 Å². The lowest BCUT2D eigenvalue weighted by Gasteiger charge is -2.16. The van der Waals surface area contributed by atoms with Crippen LogP contribution in [0.3, 0.4) is 0 Å². The zero-order valence-electron chi connectivity index (χ0n) is 14.9. The van der Waals surface area contributed by atoms with Crippen LogP contribution in [-0.2, 0) is 10.0 Å². The summed E-state index contributed by atoms with van der Waals surface area (Å²) in [5.41, 5.74) is 1.81. The monoisotopic (exact) mass is 407 g/mol. The molecule has 0 aliphatic rings. The molecular weight excluding hydrogens is 390 g/mol. The Bertz CT molecular complexity index is 1080. The molecule has 0 spiro atoms. The molecule has 142 valence electrons. The molecule has 1 aromatic heterocycles.